The van der Waals surface area contributed by atoms with Crippen LogP contribution in [0.25, 0.3) is 0 Å². The number of halogens is 1. The minimum atomic E-state index is 0.143. The number of ether oxygens (including phenoxy) is 2. The molecule has 5 nitrogen and oxygen atoms in total. The first-order valence-corrected chi connectivity index (χ1v) is 5.71. The van der Waals surface area contributed by atoms with Crippen molar-refractivity contribution in [2.75, 3.05) is 26.3 Å². The highest BCUT2D eigenvalue weighted by atomic mass is 35.5. The minimum absolute atomic E-state index is 0.143. The molecule has 1 aromatic rings. The Bertz CT molecular complexity index is 337. The zero-order chi connectivity index (χ0) is 11.4. The largest absolute Gasteiger partial charge is 0.373 e. The lowest BCUT2D eigenvalue weighted by Gasteiger charge is -2.23. The molecule has 1 saturated heterocycles. The summed E-state index contributed by atoms with van der Waals surface area (Å²) in [6.45, 7) is 3.57. The number of nitrogens with zero attached hydrogens (tertiary/aromatic N) is 2. The maximum absolute atomic E-state index is 5.87. The van der Waals surface area contributed by atoms with Gasteiger partial charge in [0.2, 0.25) is 0 Å². The molecular weight excluding hydrogens is 230 g/mol. The molecule has 1 aliphatic rings. The zero-order valence-corrected chi connectivity index (χ0v) is 10.0. The summed E-state index contributed by atoms with van der Waals surface area (Å²) in [6, 6.07) is 0. The van der Waals surface area contributed by atoms with E-state index in [1.165, 1.54) is 0 Å². The maximum atomic E-state index is 5.87. The fraction of sp³-hybridized carbons (Fsp3) is 0.700. The van der Waals surface area contributed by atoms with Gasteiger partial charge in [-0.05, 0) is 0 Å². The first kappa shape index (κ1) is 11.9. The Morgan fingerprint density at radius 3 is 3.25 bits per heavy atom. The second kappa shape index (κ2) is 5.63. The molecule has 0 spiro atoms. The van der Waals surface area contributed by atoms with Crippen molar-refractivity contribution in [2.45, 2.75) is 12.7 Å². The summed E-state index contributed by atoms with van der Waals surface area (Å²) in [5.74, 6) is 0.828. The molecule has 0 bridgehead atoms. The van der Waals surface area contributed by atoms with Gasteiger partial charge in [0.25, 0.3) is 0 Å². The SMILES string of the molecule is Cn1c(Cl)cnc1COCC1CNCCO1. The van der Waals surface area contributed by atoms with Crippen LogP contribution in [-0.4, -0.2) is 42.0 Å². The number of rotatable bonds is 4. The van der Waals surface area contributed by atoms with Crippen LogP contribution >= 0.6 is 11.6 Å². The highest BCUT2D eigenvalue weighted by Gasteiger charge is 2.13. The van der Waals surface area contributed by atoms with E-state index in [4.69, 9.17) is 21.1 Å². The molecule has 2 rings (SSSR count). The van der Waals surface area contributed by atoms with Gasteiger partial charge in [0.05, 0.1) is 25.5 Å². The second-order valence-corrected chi connectivity index (χ2v) is 4.16. The molecule has 16 heavy (non-hydrogen) atoms. The van der Waals surface area contributed by atoms with Crippen molar-refractivity contribution >= 4 is 11.6 Å². The third-order valence-electron chi connectivity index (χ3n) is 2.57. The van der Waals surface area contributed by atoms with Crippen molar-refractivity contribution in [3.8, 4) is 0 Å². The van der Waals surface area contributed by atoms with Crippen LogP contribution in [0.5, 0.6) is 0 Å². The molecule has 2 heterocycles. The topological polar surface area (TPSA) is 48.3 Å². The van der Waals surface area contributed by atoms with E-state index in [1.54, 1.807) is 6.20 Å². The number of hydrogen-bond acceptors (Lipinski definition) is 4. The van der Waals surface area contributed by atoms with Crippen LogP contribution in [-0.2, 0) is 23.1 Å². The van der Waals surface area contributed by atoms with Crippen molar-refractivity contribution in [1.82, 2.24) is 14.9 Å². The van der Waals surface area contributed by atoms with Crippen LogP contribution in [0.2, 0.25) is 5.15 Å². The van der Waals surface area contributed by atoms with Gasteiger partial charge in [-0.25, -0.2) is 4.98 Å². The van der Waals surface area contributed by atoms with E-state index in [-0.39, 0.29) is 6.10 Å². The Kier molecular flexibility index (Phi) is 4.17. The van der Waals surface area contributed by atoms with Gasteiger partial charge in [-0.2, -0.15) is 0 Å². The molecular formula is C10H16ClN3O2. The average Bonchev–Trinajstić information content (AvgIpc) is 2.62. The lowest BCUT2D eigenvalue weighted by atomic mass is 10.3. The van der Waals surface area contributed by atoms with E-state index in [0.717, 1.165) is 25.5 Å². The van der Waals surface area contributed by atoms with E-state index in [1.807, 2.05) is 11.6 Å². The lowest BCUT2D eigenvalue weighted by Crippen LogP contribution is -2.41. The number of imidazole rings is 1. The van der Waals surface area contributed by atoms with Gasteiger partial charge in [0.15, 0.2) is 0 Å². The van der Waals surface area contributed by atoms with Crippen LogP contribution in [0.3, 0.4) is 0 Å². The molecule has 1 fully saturated rings. The van der Waals surface area contributed by atoms with Crippen LogP contribution < -0.4 is 5.32 Å². The summed E-state index contributed by atoms with van der Waals surface area (Å²) in [7, 11) is 1.87. The number of morpholine rings is 1. The lowest BCUT2D eigenvalue weighted by molar-refractivity contribution is -0.0372. The molecule has 1 atom stereocenters. The molecule has 0 aliphatic carbocycles. The van der Waals surface area contributed by atoms with Gasteiger partial charge in [0, 0.05) is 20.1 Å². The highest BCUT2D eigenvalue weighted by Crippen LogP contribution is 2.10. The first-order valence-electron chi connectivity index (χ1n) is 5.33. The number of hydrogen-bond donors (Lipinski definition) is 1. The molecule has 90 valence electrons. The van der Waals surface area contributed by atoms with Gasteiger partial charge >= 0.3 is 0 Å². The molecule has 0 radical (unpaired) electrons. The fourth-order valence-corrected chi connectivity index (χ4v) is 1.71. The fourth-order valence-electron chi connectivity index (χ4n) is 1.57. The summed E-state index contributed by atoms with van der Waals surface area (Å²) in [5.41, 5.74) is 0. The maximum Gasteiger partial charge on any atom is 0.135 e. The highest BCUT2D eigenvalue weighted by molar-refractivity contribution is 6.29. The monoisotopic (exact) mass is 245 g/mol. The van der Waals surface area contributed by atoms with Gasteiger partial charge in [-0.3, -0.25) is 0 Å². The molecule has 1 aliphatic heterocycles. The predicted octanol–water partition coefficient (Wildman–Crippen LogP) is 0.578. The minimum Gasteiger partial charge on any atom is -0.373 e. The van der Waals surface area contributed by atoms with Crippen molar-refractivity contribution in [3.63, 3.8) is 0 Å². The van der Waals surface area contributed by atoms with Crippen molar-refractivity contribution in [2.24, 2.45) is 7.05 Å². The van der Waals surface area contributed by atoms with Crippen LogP contribution in [0, 0.1) is 0 Å². The Labute approximate surface area is 99.7 Å². The summed E-state index contributed by atoms with van der Waals surface area (Å²) in [4.78, 5) is 4.15. The normalized spacial score (nSPS) is 21.2. The smallest absolute Gasteiger partial charge is 0.135 e. The van der Waals surface area contributed by atoms with Gasteiger partial charge in [-0.1, -0.05) is 11.6 Å². The van der Waals surface area contributed by atoms with Crippen molar-refractivity contribution < 1.29 is 9.47 Å². The third kappa shape index (κ3) is 2.95. The third-order valence-corrected chi connectivity index (χ3v) is 2.92. The Morgan fingerprint density at radius 1 is 1.75 bits per heavy atom. The summed E-state index contributed by atoms with van der Waals surface area (Å²) < 4.78 is 12.9. The molecule has 0 aromatic carbocycles. The standard InChI is InChI=1S/C10H16ClN3O2/c1-14-9(11)5-13-10(14)7-15-6-8-4-12-2-3-16-8/h5,8,12H,2-4,6-7H2,1H3. The van der Waals surface area contributed by atoms with E-state index in [2.05, 4.69) is 10.3 Å². The Hall–Kier alpha value is -0.620. The summed E-state index contributed by atoms with van der Waals surface area (Å²) in [5, 5.41) is 3.87. The molecule has 1 aromatic heterocycles. The molecule has 1 N–H and O–H groups in total. The van der Waals surface area contributed by atoms with E-state index in [0.29, 0.717) is 18.4 Å². The quantitative estimate of drug-likeness (QED) is 0.843. The Balaban J connectivity index is 1.73. The van der Waals surface area contributed by atoms with E-state index in [9.17, 15) is 0 Å². The Morgan fingerprint density at radius 2 is 2.62 bits per heavy atom. The second-order valence-electron chi connectivity index (χ2n) is 3.77. The average molecular weight is 246 g/mol. The van der Waals surface area contributed by atoms with Crippen LogP contribution in [0.4, 0.5) is 0 Å². The predicted molar refractivity (Wildman–Crippen MR) is 60.5 cm³/mol. The van der Waals surface area contributed by atoms with Gasteiger partial charge in [-0.15, -0.1) is 0 Å². The first-order chi connectivity index (χ1) is 7.77. The van der Waals surface area contributed by atoms with Gasteiger partial charge in [0.1, 0.15) is 17.6 Å². The molecule has 0 amide bonds. The molecule has 0 saturated carbocycles. The summed E-state index contributed by atoms with van der Waals surface area (Å²) in [6.07, 6.45) is 1.77. The van der Waals surface area contributed by atoms with E-state index < -0.39 is 0 Å². The van der Waals surface area contributed by atoms with E-state index >= 15 is 0 Å². The van der Waals surface area contributed by atoms with Crippen molar-refractivity contribution in [3.05, 3.63) is 17.2 Å². The number of nitrogens with one attached hydrogen (secondary N) is 1. The van der Waals surface area contributed by atoms with Gasteiger partial charge < -0.3 is 19.4 Å². The molecule has 1 unspecified atom stereocenters. The zero-order valence-electron chi connectivity index (χ0n) is 9.28. The van der Waals surface area contributed by atoms with Crippen molar-refractivity contribution in [1.29, 1.82) is 0 Å². The number of aromatic nitrogens is 2. The summed E-state index contributed by atoms with van der Waals surface area (Å²) >= 11 is 5.87. The van der Waals surface area contributed by atoms with Crippen LogP contribution in [0.1, 0.15) is 5.82 Å². The molecule has 6 heteroatoms. The van der Waals surface area contributed by atoms with Crippen LogP contribution in [0.15, 0.2) is 6.20 Å².